The molecule has 0 spiro atoms. The number of benzene rings is 1. The molecule has 1 fully saturated rings. The minimum Gasteiger partial charge on any atom is -0.388 e. The molecular weight excluding hydrogens is 368 g/mol. The van der Waals surface area contributed by atoms with Crippen molar-refractivity contribution in [2.45, 2.75) is 50.7 Å². The van der Waals surface area contributed by atoms with E-state index in [2.05, 4.69) is 16.7 Å². The van der Waals surface area contributed by atoms with Gasteiger partial charge in [0.15, 0.2) is 0 Å². The molecule has 0 bridgehead atoms. The summed E-state index contributed by atoms with van der Waals surface area (Å²) in [5.41, 5.74) is 1.01. The molecule has 1 aliphatic carbocycles. The van der Waals surface area contributed by atoms with Gasteiger partial charge in [0.05, 0.1) is 6.10 Å². The molecule has 3 rings (SSSR count). The van der Waals surface area contributed by atoms with Crippen LogP contribution in [0.15, 0.2) is 36.4 Å². The molecule has 2 amide bonds. The molecule has 1 aliphatic rings. The van der Waals surface area contributed by atoms with Crippen molar-refractivity contribution in [3.05, 3.63) is 56.7 Å². The lowest BCUT2D eigenvalue weighted by Gasteiger charge is -2.28. The summed E-state index contributed by atoms with van der Waals surface area (Å²) in [6.45, 7) is 2.89. The molecule has 140 valence electrons. The molecule has 0 aliphatic heterocycles. The van der Waals surface area contributed by atoms with Crippen molar-refractivity contribution in [3.63, 3.8) is 0 Å². The molecule has 0 unspecified atom stereocenters. The van der Waals surface area contributed by atoms with E-state index in [0.717, 1.165) is 23.3 Å². The van der Waals surface area contributed by atoms with Crippen molar-refractivity contribution in [2.75, 3.05) is 6.54 Å². The van der Waals surface area contributed by atoms with E-state index in [1.807, 2.05) is 30.3 Å². The molecule has 3 N–H and O–H groups in total. The Morgan fingerprint density at radius 3 is 2.50 bits per heavy atom. The molecule has 6 heteroatoms. The number of aliphatic hydroxyl groups is 1. The Hall–Kier alpha value is -1.56. The molecule has 26 heavy (non-hydrogen) atoms. The van der Waals surface area contributed by atoms with Gasteiger partial charge in [0.2, 0.25) is 0 Å². The highest BCUT2D eigenvalue weighted by atomic mass is 35.5. The Bertz CT molecular complexity index is 737. The van der Waals surface area contributed by atoms with Crippen LogP contribution in [-0.4, -0.2) is 17.7 Å². The van der Waals surface area contributed by atoms with Gasteiger partial charge in [-0.2, -0.15) is 0 Å². The SMILES string of the molecule is C[C@@H](O)c1ccc(C2(CNC(=O)NCc3ccc(Cl)cc3)CCCC2)s1. The fourth-order valence-corrected chi connectivity index (χ4v) is 4.84. The van der Waals surface area contributed by atoms with Gasteiger partial charge in [0, 0.05) is 33.3 Å². The van der Waals surface area contributed by atoms with Crippen molar-refractivity contribution in [1.82, 2.24) is 10.6 Å². The van der Waals surface area contributed by atoms with Crippen molar-refractivity contribution < 1.29 is 9.90 Å². The fraction of sp³-hybridized carbons (Fsp3) is 0.450. The van der Waals surface area contributed by atoms with Gasteiger partial charge in [0.1, 0.15) is 0 Å². The van der Waals surface area contributed by atoms with Gasteiger partial charge in [-0.25, -0.2) is 4.79 Å². The van der Waals surface area contributed by atoms with Gasteiger partial charge in [-0.05, 0) is 49.6 Å². The van der Waals surface area contributed by atoms with Crippen LogP contribution in [0, 0.1) is 0 Å². The standard InChI is InChI=1S/C20H25ClN2O2S/c1-14(24)17-8-9-18(26-17)20(10-2-3-11-20)13-23-19(25)22-12-15-4-6-16(21)7-5-15/h4-9,14,24H,2-3,10-13H2,1H3,(H2,22,23,25)/t14-/m1/s1. The Morgan fingerprint density at radius 2 is 1.88 bits per heavy atom. The molecule has 1 saturated carbocycles. The van der Waals surface area contributed by atoms with Gasteiger partial charge >= 0.3 is 6.03 Å². The third-order valence-electron chi connectivity index (χ3n) is 5.08. The summed E-state index contributed by atoms with van der Waals surface area (Å²) in [6, 6.07) is 11.4. The molecule has 4 nitrogen and oxygen atoms in total. The Kier molecular flexibility index (Phi) is 6.22. The summed E-state index contributed by atoms with van der Waals surface area (Å²) in [7, 11) is 0. The number of nitrogens with one attached hydrogen (secondary N) is 2. The van der Waals surface area contributed by atoms with Crippen LogP contribution in [0.3, 0.4) is 0 Å². The topological polar surface area (TPSA) is 61.4 Å². The number of amides is 2. The summed E-state index contributed by atoms with van der Waals surface area (Å²) in [5, 5.41) is 16.4. The first kappa shape index (κ1) is 19.2. The lowest BCUT2D eigenvalue weighted by atomic mass is 9.84. The summed E-state index contributed by atoms with van der Waals surface area (Å²) in [5.74, 6) is 0. The van der Waals surface area contributed by atoms with Gasteiger partial charge in [-0.1, -0.05) is 36.6 Å². The highest BCUT2D eigenvalue weighted by Gasteiger charge is 2.37. The van der Waals surface area contributed by atoms with E-state index < -0.39 is 6.10 Å². The normalized spacial score (nSPS) is 17.0. The number of carbonyl (C=O) groups is 1. The van der Waals surface area contributed by atoms with Crippen molar-refractivity contribution in [3.8, 4) is 0 Å². The van der Waals surface area contributed by atoms with Crippen LogP contribution in [0.1, 0.15) is 54.0 Å². The maximum atomic E-state index is 12.2. The van der Waals surface area contributed by atoms with E-state index in [4.69, 9.17) is 11.6 Å². The summed E-state index contributed by atoms with van der Waals surface area (Å²) >= 11 is 7.54. The van der Waals surface area contributed by atoms with E-state index in [-0.39, 0.29) is 11.4 Å². The van der Waals surface area contributed by atoms with Gasteiger partial charge in [0.25, 0.3) is 0 Å². The number of halogens is 1. The summed E-state index contributed by atoms with van der Waals surface area (Å²) in [6.07, 6.45) is 4.06. The Labute approximate surface area is 163 Å². The lowest BCUT2D eigenvalue weighted by Crippen LogP contribution is -2.43. The Morgan fingerprint density at radius 1 is 1.19 bits per heavy atom. The molecule has 1 atom stereocenters. The van der Waals surface area contributed by atoms with Crippen LogP contribution in [-0.2, 0) is 12.0 Å². The van der Waals surface area contributed by atoms with E-state index >= 15 is 0 Å². The minimum atomic E-state index is -0.442. The first-order chi connectivity index (χ1) is 12.5. The summed E-state index contributed by atoms with van der Waals surface area (Å²) in [4.78, 5) is 14.5. The molecule has 1 heterocycles. The minimum absolute atomic E-state index is 0.00454. The lowest BCUT2D eigenvalue weighted by molar-refractivity contribution is 0.203. The van der Waals surface area contributed by atoms with Crippen LogP contribution >= 0.6 is 22.9 Å². The van der Waals surface area contributed by atoms with Gasteiger partial charge in [-0.15, -0.1) is 11.3 Å². The molecule has 1 aromatic carbocycles. The van der Waals surface area contributed by atoms with Crippen LogP contribution < -0.4 is 10.6 Å². The second-order valence-corrected chi connectivity index (χ2v) is 8.58. The first-order valence-corrected chi connectivity index (χ1v) is 10.2. The third kappa shape index (κ3) is 4.58. The zero-order chi connectivity index (χ0) is 18.6. The van der Waals surface area contributed by atoms with E-state index in [1.54, 1.807) is 18.3 Å². The fourth-order valence-electron chi connectivity index (χ4n) is 3.52. The van der Waals surface area contributed by atoms with E-state index in [9.17, 15) is 9.90 Å². The second-order valence-electron chi connectivity index (χ2n) is 7.03. The number of carbonyl (C=O) groups excluding carboxylic acids is 1. The maximum absolute atomic E-state index is 12.2. The van der Waals surface area contributed by atoms with Crippen molar-refractivity contribution in [1.29, 1.82) is 0 Å². The van der Waals surface area contributed by atoms with Crippen molar-refractivity contribution >= 4 is 29.0 Å². The largest absolute Gasteiger partial charge is 0.388 e. The number of urea groups is 1. The van der Waals surface area contributed by atoms with Crippen LogP contribution in [0.25, 0.3) is 0 Å². The zero-order valence-electron chi connectivity index (χ0n) is 14.9. The Balaban J connectivity index is 1.58. The maximum Gasteiger partial charge on any atom is 0.315 e. The quantitative estimate of drug-likeness (QED) is 0.663. The number of rotatable bonds is 6. The molecule has 2 aromatic rings. The monoisotopic (exact) mass is 392 g/mol. The predicted molar refractivity (Wildman–Crippen MR) is 107 cm³/mol. The smallest absolute Gasteiger partial charge is 0.315 e. The number of thiophene rings is 1. The van der Waals surface area contributed by atoms with Crippen LogP contribution in [0.2, 0.25) is 5.02 Å². The number of aliphatic hydroxyl groups excluding tert-OH is 1. The van der Waals surface area contributed by atoms with Crippen molar-refractivity contribution in [2.24, 2.45) is 0 Å². The van der Waals surface area contributed by atoms with Crippen LogP contribution in [0.5, 0.6) is 0 Å². The van der Waals surface area contributed by atoms with Crippen LogP contribution in [0.4, 0.5) is 4.79 Å². The zero-order valence-corrected chi connectivity index (χ0v) is 16.5. The highest BCUT2D eigenvalue weighted by Crippen LogP contribution is 2.44. The molecule has 0 radical (unpaired) electrons. The van der Waals surface area contributed by atoms with Gasteiger partial charge < -0.3 is 15.7 Å². The van der Waals surface area contributed by atoms with E-state index in [1.165, 1.54) is 17.7 Å². The first-order valence-electron chi connectivity index (χ1n) is 9.03. The molecule has 1 aromatic heterocycles. The average molecular weight is 393 g/mol. The average Bonchev–Trinajstić information content (AvgIpc) is 3.29. The predicted octanol–water partition coefficient (Wildman–Crippen LogP) is 4.77. The van der Waals surface area contributed by atoms with E-state index in [0.29, 0.717) is 18.1 Å². The molecule has 0 saturated heterocycles. The number of hydrogen-bond acceptors (Lipinski definition) is 3. The molecular formula is C20H25ClN2O2S. The number of hydrogen-bond donors (Lipinski definition) is 3. The second kappa shape index (κ2) is 8.42. The summed E-state index contributed by atoms with van der Waals surface area (Å²) < 4.78 is 0. The third-order valence-corrected chi connectivity index (χ3v) is 6.83. The van der Waals surface area contributed by atoms with Gasteiger partial charge in [-0.3, -0.25) is 0 Å². The highest BCUT2D eigenvalue weighted by molar-refractivity contribution is 7.12.